The zero-order valence-electron chi connectivity index (χ0n) is 17.8. The summed E-state index contributed by atoms with van der Waals surface area (Å²) in [5.41, 5.74) is 1.93. The van der Waals surface area contributed by atoms with Crippen LogP contribution in [-0.4, -0.2) is 67.0 Å². The van der Waals surface area contributed by atoms with Crippen molar-refractivity contribution in [3.05, 3.63) is 29.8 Å². The van der Waals surface area contributed by atoms with Gasteiger partial charge in [-0.25, -0.2) is 4.99 Å². The summed E-state index contributed by atoms with van der Waals surface area (Å²) in [4.78, 5) is 31.8. The molecule has 0 radical (unpaired) electrons. The maximum absolute atomic E-state index is 13.2. The number of para-hydroxylation sites is 1. The Balaban J connectivity index is 1.41. The molecule has 2 atom stereocenters. The molecule has 166 valence electrons. The average Bonchev–Trinajstić information content (AvgIpc) is 2.77. The molecule has 5 aliphatic rings. The fraction of sp³-hybridized carbons (Fsp3) is 0.625. The van der Waals surface area contributed by atoms with E-state index in [1.165, 1.54) is 5.56 Å². The van der Waals surface area contributed by atoms with Gasteiger partial charge in [-0.1, -0.05) is 18.2 Å². The van der Waals surface area contributed by atoms with Crippen molar-refractivity contribution in [1.82, 2.24) is 4.90 Å². The standard InChI is InChI=1S/C24H30N2O5/c27-23-15-31-21-6-2-1-4-18(21)16-7-9-17(10-8-16)30-14-20-19(5-3-12-26(20)23)25-24(28)22-11-13-29-22/h1-2,4,6,16-17,20,22H,3,5,7-15H2/t16?,17?,20?,22-/m0/s1. The molecule has 7 nitrogen and oxygen atoms in total. The van der Waals surface area contributed by atoms with Crippen LogP contribution in [-0.2, 0) is 19.1 Å². The number of hydrogen-bond acceptors (Lipinski definition) is 5. The van der Waals surface area contributed by atoms with Gasteiger partial charge in [-0.15, -0.1) is 0 Å². The van der Waals surface area contributed by atoms with Crippen molar-refractivity contribution in [2.75, 3.05) is 26.4 Å². The van der Waals surface area contributed by atoms with Gasteiger partial charge in [0, 0.05) is 18.7 Å². The van der Waals surface area contributed by atoms with Crippen LogP contribution in [0, 0.1) is 0 Å². The van der Waals surface area contributed by atoms with Crippen LogP contribution in [0.2, 0.25) is 0 Å². The molecule has 3 fully saturated rings. The summed E-state index contributed by atoms with van der Waals surface area (Å²) in [6, 6.07) is 7.76. The molecular weight excluding hydrogens is 396 g/mol. The fourth-order valence-electron chi connectivity index (χ4n) is 5.13. The van der Waals surface area contributed by atoms with E-state index < -0.39 is 6.10 Å². The molecule has 2 bridgehead atoms. The number of benzene rings is 1. The minimum Gasteiger partial charge on any atom is -0.483 e. The lowest BCUT2D eigenvalue weighted by atomic mass is 9.82. The van der Waals surface area contributed by atoms with E-state index in [1.54, 1.807) is 4.90 Å². The maximum Gasteiger partial charge on any atom is 0.274 e. The normalized spacial score (nSPS) is 32.6. The predicted octanol–water partition coefficient (Wildman–Crippen LogP) is 2.87. The zero-order chi connectivity index (χ0) is 21.2. The van der Waals surface area contributed by atoms with Crippen LogP contribution in [0.4, 0.5) is 0 Å². The Hall–Kier alpha value is -2.25. The zero-order valence-corrected chi connectivity index (χ0v) is 17.8. The molecule has 1 aliphatic carbocycles. The summed E-state index contributed by atoms with van der Waals surface area (Å²) in [5.74, 6) is 0.921. The van der Waals surface area contributed by atoms with E-state index in [2.05, 4.69) is 11.1 Å². The van der Waals surface area contributed by atoms with Crippen molar-refractivity contribution in [2.24, 2.45) is 4.99 Å². The molecule has 1 saturated carbocycles. The highest BCUT2D eigenvalue weighted by Crippen LogP contribution is 2.38. The summed E-state index contributed by atoms with van der Waals surface area (Å²) in [6.07, 6.45) is 6.02. The minimum absolute atomic E-state index is 0.0172. The summed E-state index contributed by atoms with van der Waals surface area (Å²) in [7, 11) is 0. The topological polar surface area (TPSA) is 77.4 Å². The highest BCUT2D eigenvalue weighted by atomic mass is 16.5. The maximum atomic E-state index is 13.2. The number of aliphatic imine (C=N–C) groups is 1. The molecule has 31 heavy (non-hydrogen) atoms. The quantitative estimate of drug-likeness (QED) is 0.690. The van der Waals surface area contributed by atoms with Crippen molar-refractivity contribution in [3.8, 4) is 5.75 Å². The number of rotatable bonds is 1. The monoisotopic (exact) mass is 426 g/mol. The van der Waals surface area contributed by atoms with E-state index >= 15 is 0 Å². The molecule has 1 unspecified atom stereocenters. The number of piperidine rings is 1. The average molecular weight is 427 g/mol. The molecule has 7 heteroatoms. The van der Waals surface area contributed by atoms with Crippen molar-refractivity contribution in [1.29, 1.82) is 0 Å². The lowest BCUT2D eigenvalue weighted by molar-refractivity contribution is -0.141. The Morgan fingerprint density at radius 2 is 1.87 bits per heavy atom. The first-order valence-electron chi connectivity index (χ1n) is 11.5. The summed E-state index contributed by atoms with van der Waals surface area (Å²) >= 11 is 0. The number of carbonyl (C=O) groups is 2. The number of nitrogens with zero attached hydrogens (tertiary/aromatic N) is 2. The van der Waals surface area contributed by atoms with Gasteiger partial charge in [0.1, 0.15) is 11.9 Å². The molecule has 2 saturated heterocycles. The number of fused-ring (bicyclic) bond motifs is 5. The number of hydrogen-bond donors (Lipinski definition) is 0. The van der Waals surface area contributed by atoms with Gasteiger partial charge in [0.25, 0.3) is 11.8 Å². The van der Waals surface area contributed by atoms with Crippen LogP contribution >= 0.6 is 0 Å². The van der Waals surface area contributed by atoms with E-state index in [1.807, 2.05) is 18.2 Å². The Morgan fingerprint density at radius 1 is 1.06 bits per heavy atom. The van der Waals surface area contributed by atoms with E-state index in [-0.39, 0.29) is 30.6 Å². The second kappa shape index (κ2) is 9.09. The smallest absolute Gasteiger partial charge is 0.274 e. The molecule has 2 amide bonds. The molecule has 4 aliphatic heterocycles. The van der Waals surface area contributed by atoms with Crippen LogP contribution in [0.15, 0.2) is 29.3 Å². The molecular formula is C24H30N2O5. The van der Waals surface area contributed by atoms with Crippen LogP contribution < -0.4 is 4.74 Å². The van der Waals surface area contributed by atoms with Gasteiger partial charge in [-0.3, -0.25) is 9.59 Å². The predicted molar refractivity (Wildman–Crippen MR) is 114 cm³/mol. The summed E-state index contributed by atoms with van der Waals surface area (Å²) < 4.78 is 17.6. The lowest BCUT2D eigenvalue weighted by Gasteiger charge is -2.37. The summed E-state index contributed by atoms with van der Waals surface area (Å²) in [6.45, 7) is 1.60. The van der Waals surface area contributed by atoms with Crippen LogP contribution in [0.3, 0.4) is 0 Å². The molecule has 1 aromatic carbocycles. The van der Waals surface area contributed by atoms with Gasteiger partial charge in [0.15, 0.2) is 6.61 Å². The lowest BCUT2D eigenvalue weighted by Crippen LogP contribution is -2.53. The van der Waals surface area contributed by atoms with Gasteiger partial charge in [-0.05, 0) is 56.1 Å². The highest BCUT2D eigenvalue weighted by Gasteiger charge is 2.36. The van der Waals surface area contributed by atoms with Crippen LogP contribution in [0.5, 0.6) is 5.75 Å². The first-order valence-corrected chi connectivity index (χ1v) is 11.5. The van der Waals surface area contributed by atoms with Crippen molar-refractivity contribution < 1.29 is 23.8 Å². The van der Waals surface area contributed by atoms with Gasteiger partial charge >= 0.3 is 0 Å². The molecule has 0 N–H and O–H groups in total. The van der Waals surface area contributed by atoms with Gasteiger partial charge in [0.05, 0.1) is 25.4 Å². The molecule has 4 heterocycles. The third kappa shape index (κ3) is 4.39. The van der Waals surface area contributed by atoms with E-state index in [4.69, 9.17) is 14.2 Å². The van der Waals surface area contributed by atoms with Crippen molar-refractivity contribution >= 4 is 17.5 Å². The molecule has 6 rings (SSSR count). The Labute approximate surface area is 182 Å². The molecule has 0 spiro atoms. The summed E-state index contributed by atoms with van der Waals surface area (Å²) in [5, 5.41) is 0. The SMILES string of the molecule is O=C(N=C1CCCN2C(=O)COc3ccccc3C3CCC(CC3)OCC12)[C@@H]1CCO1. The van der Waals surface area contributed by atoms with Crippen LogP contribution in [0.1, 0.15) is 56.4 Å². The molecule has 0 aromatic heterocycles. The second-order valence-corrected chi connectivity index (χ2v) is 8.93. The van der Waals surface area contributed by atoms with Gasteiger partial charge < -0.3 is 19.1 Å². The third-order valence-corrected chi connectivity index (χ3v) is 7.02. The number of carbonyl (C=O) groups excluding carboxylic acids is 2. The fourth-order valence-corrected chi connectivity index (χ4v) is 5.13. The highest BCUT2D eigenvalue weighted by molar-refractivity contribution is 6.02. The van der Waals surface area contributed by atoms with Gasteiger partial charge in [0.2, 0.25) is 0 Å². The first-order chi connectivity index (χ1) is 15.2. The minimum atomic E-state index is -0.427. The number of ether oxygens (including phenoxy) is 3. The Morgan fingerprint density at radius 3 is 2.65 bits per heavy atom. The van der Waals surface area contributed by atoms with Gasteiger partial charge in [-0.2, -0.15) is 0 Å². The first kappa shape index (κ1) is 20.6. The Kier molecular flexibility index (Phi) is 6.05. The van der Waals surface area contributed by atoms with Crippen LogP contribution in [0.25, 0.3) is 0 Å². The molecule has 1 aromatic rings. The largest absolute Gasteiger partial charge is 0.483 e. The van der Waals surface area contributed by atoms with Crippen molar-refractivity contribution in [2.45, 2.75) is 69.1 Å². The van der Waals surface area contributed by atoms with E-state index in [9.17, 15) is 9.59 Å². The number of amides is 2. The third-order valence-electron chi connectivity index (χ3n) is 7.02. The van der Waals surface area contributed by atoms with E-state index in [0.29, 0.717) is 32.1 Å². The van der Waals surface area contributed by atoms with Crippen molar-refractivity contribution in [3.63, 3.8) is 0 Å². The Bertz CT molecular complexity index is 857. The van der Waals surface area contributed by atoms with E-state index in [0.717, 1.165) is 50.0 Å². The second-order valence-electron chi connectivity index (χ2n) is 8.93.